The van der Waals surface area contributed by atoms with E-state index >= 15 is 0 Å². The van der Waals surface area contributed by atoms with Crippen molar-refractivity contribution in [2.24, 2.45) is 0 Å². The number of allylic oxidation sites excluding steroid dienone is 1. The van der Waals surface area contributed by atoms with E-state index in [0.29, 0.717) is 31.0 Å². The van der Waals surface area contributed by atoms with E-state index in [0.717, 1.165) is 43.0 Å². The number of likely N-dealkylation sites (tertiary alicyclic amines) is 1. The minimum absolute atomic E-state index is 0.0833. The predicted octanol–water partition coefficient (Wildman–Crippen LogP) is 1.63. The molecular formula is C20H23N3O4. The second-order valence-corrected chi connectivity index (χ2v) is 6.78. The number of rotatable bonds is 3. The molecule has 1 N–H and O–H groups in total. The van der Waals surface area contributed by atoms with Crippen molar-refractivity contribution in [3.8, 4) is 0 Å². The molecule has 0 spiro atoms. The van der Waals surface area contributed by atoms with Gasteiger partial charge in [0.15, 0.2) is 5.76 Å². The van der Waals surface area contributed by atoms with Crippen LogP contribution < -0.4 is 10.2 Å². The van der Waals surface area contributed by atoms with Crippen molar-refractivity contribution in [1.29, 1.82) is 0 Å². The summed E-state index contributed by atoms with van der Waals surface area (Å²) in [4.78, 5) is 28.5. The average Bonchev–Trinajstić information content (AvgIpc) is 3.26. The number of nitrogens with zero attached hydrogens (tertiary/aromatic N) is 2. The van der Waals surface area contributed by atoms with Crippen molar-refractivity contribution >= 4 is 17.6 Å². The lowest BCUT2D eigenvalue weighted by Crippen LogP contribution is -2.43. The SMILES string of the molecule is COC(=O)c1cccc(N2CCOC3=C2NCC(C(=O)N2CCCC2)=C3)c1. The number of amides is 1. The summed E-state index contributed by atoms with van der Waals surface area (Å²) in [5, 5.41) is 3.34. The molecule has 0 aliphatic carbocycles. The van der Waals surface area contributed by atoms with Gasteiger partial charge >= 0.3 is 5.97 Å². The van der Waals surface area contributed by atoms with Crippen molar-refractivity contribution < 1.29 is 19.1 Å². The first kappa shape index (κ1) is 17.5. The van der Waals surface area contributed by atoms with Gasteiger partial charge < -0.3 is 24.6 Å². The minimum Gasteiger partial charge on any atom is -0.488 e. The van der Waals surface area contributed by atoms with Crippen LogP contribution in [0.1, 0.15) is 23.2 Å². The number of methoxy groups -OCH3 is 1. The van der Waals surface area contributed by atoms with E-state index in [-0.39, 0.29) is 11.9 Å². The molecule has 0 aromatic heterocycles. The van der Waals surface area contributed by atoms with Crippen LogP contribution in [0.4, 0.5) is 5.69 Å². The molecule has 1 aromatic carbocycles. The zero-order valence-corrected chi connectivity index (χ0v) is 15.4. The van der Waals surface area contributed by atoms with E-state index in [4.69, 9.17) is 9.47 Å². The Balaban J connectivity index is 1.61. The fraction of sp³-hybridized carbons (Fsp3) is 0.400. The molecular weight excluding hydrogens is 346 g/mol. The molecule has 27 heavy (non-hydrogen) atoms. The van der Waals surface area contributed by atoms with Gasteiger partial charge in [-0.3, -0.25) is 4.79 Å². The predicted molar refractivity (Wildman–Crippen MR) is 100 cm³/mol. The lowest BCUT2D eigenvalue weighted by molar-refractivity contribution is -0.126. The molecule has 3 aliphatic heterocycles. The number of ether oxygens (including phenoxy) is 2. The third kappa shape index (κ3) is 3.37. The lowest BCUT2D eigenvalue weighted by Gasteiger charge is -2.36. The molecule has 4 rings (SSSR count). The number of hydrogen-bond acceptors (Lipinski definition) is 6. The fourth-order valence-corrected chi connectivity index (χ4v) is 3.68. The lowest BCUT2D eigenvalue weighted by atomic mass is 10.1. The van der Waals surface area contributed by atoms with Gasteiger partial charge in [0, 0.05) is 30.9 Å². The first-order valence-corrected chi connectivity index (χ1v) is 9.24. The summed E-state index contributed by atoms with van der Waals surface area (Å²) in [7, 11) is 1.37. The van der Waals surface area contributed by atoms with Gasteiger partial charge in [-0.2, -0.15) is 0 Å². The highest BCUT2D eigenvalue weighted by atomic mass is 16.5. The van der Waals surface area contributed by atoms with E-state index in [1.165, 1.54) is 7.11 Å². The standard InChI is InChI=1S/C20H23N3O4/c1-26-20(25)14-5-4-6-16(11-14)23-9-10-27-17-12-15(13-21-18(17)23)19(24)22-7-2-3-8-22/h4-6,11-12,21H,2-3,7-10,13H2,1H3. The van der Waals surface area contributed by atoms with Gasteiger partial charge in [0.1, 0.15) is 12.4 Å². The van der Waals surface area contributed by atoms with Crippen LogP contribution in [-0.2, 0) is 14.3 Å². The first-order valence-electron chi connectivity index (χ1n) is 9.24. The Morgan fingerprint density at radius 2 is 2.00 bits per heavy atom. The molecule has 0 saturated carbocycles. The Morgan fingerprint density at radius 1 is 1.19 bits per heavy atom. The van der Waals surface area contributed by atoms with Crippen LogP contribution in [0.25, 0.3) is 0 Å². The number of esters is 1. The zero-order valence-electron chi connectivity index (χ0n) is 15.4. The summed E-state index contributed by atoms with van der Waals surface area (Å²) in [6.07, 6.45) is 3.99. The Hall–Kier alpha value is -2.96. The summed E-state index contributed by atoms with van der Waals surface area (Å²) in [6.45, 7) is 3.28. The topological polar surface area (TPSA) is 71.1 Å². The highest BCUT2D eigenvalue weighted by molar-refractivity contribution is 5.95. The minimum atomic E-state index is -0.366. The second kappa shape index (κ2) is 7.34. The molecule has 0 radical (unpaired) electrons. The second-order valence-electron chi connectivity index (χ2n) is 6.78. The molecule has 1 fully saturated rings. The van der Waals surface area contributed by atoms with Crippen molar-refractivity contribution in [3.05, 3.63) is 53.1 Å². The van der Waals surface area contributed by atoms with Crippen molar-refractivity contribution in [2.45, 2.75) is 12.8 Å². The van der Waals surface area contributed by atoms with Crippen LogP contribution in [0.15, 0.2) is 47.5 Å². The van der Waals surface area contributed by atoms with Crippen molar-refractivity contribution in [3.63, 3.8) is 0 Å². The largest absolute Gasteiger partial charge is 0.488 e. The summed E-state index contributed by atoms with van der Waals surface area (Å²) in [6, 6.07) is 7.31. The van der Waals surface area contributed by atoms with Gasteiger partial charge in [-0.15, -0.1) is 0 Å². The van der Waals surface area contributed by atoms with Crippen LogP contribution >= 0.6 is 0 Å². The van der Waals surface area contributed by atoms with Crippen LogP contribution in [-0.4, -0.2) is 56.7 Å². The quantitative estimate of drug-likeness (QED) is 0.817. The summed E-state index contributed by atoms with van der Waals surface area (Å²) in [5.41, 5.74) is 2.10. The van der Waals surface area contributed by atoms with E-state index in [2.05, 4.69) is 10.2 Å². The maximum Gasteiger partial charge on any atom is 0.337 e. The highest BCUT2D eigenvalue weighted by Crippen LogP contribution is 2.28. The van der Waals surface area contributed by atoms with Crippen LogP contribution in [0, 0.1) is 0 Å². The maximum atomic E-state index is 12.7. The Morgan fingerprint density at radius 3 is 2.78 bits per heavy atom. The smallest absolute Gasteiger partial charge is 0.337 e. The summed E-state index contributed by atoms with van der Waals surface area (Å²) < 4.78 is 10.6. The van der Waals surface area contributed by atoms with Gasteiger partial charge in [-0.05, 0) is 37.1 Å². The number of benzene rings is 1. The van der Waals surface area contributed by atoms with Crippen LogP contribution in [0.5, 0.6) is 0 Å². The van der Waals surface area contributed by atoms with Crippen LogP contribution in [0.2, 0.25) is 0 Å². The molecule has 3 heterocycles. The van der Waals surface area contributed by atoms with E-state index in [9.17, 15) is 9.59 Å². The molecule has 1 saturated heterocycles. The molecule has 3 aliphatic rings. The highest BCUT2D eigenvalue weighted by Gasteiger charge is 2.29. The third-order valence-electron chi connectivity index (χ3n) is 5.07. The molecule has 142 valence electrons. The van der Waals surface area contributed by atoms with Crippen LogP contribution in [0.3, 0.4) is 0 Å². The number of carbonyl (C=O) groups excluding carboxylic acids is 2. The number of anilines is 1. The fourth-order valence-electron chi connectivity index (χ4n) is 3.68. The van der Waals surface area contributed by atoms with Gasteiger partial charge in [0.2, 0.25) is 0 Å². The average molecular weight is 369 g/mol. The first-order chi connectivity index (χ1) is 13.2. The zero-order chi connectivity index (χ0) is 18.8. The Kier molecular flexibility index (Phi) is 4.75. The monoisotopic (exact) mass is 369 g/mol. The summed E-state index contributed by atoms with van der Waals surface area (Å²) in [5.74, 6) is 1.20. The molecule has 1 amide bonds. The van der Waals surface area contributed by atoms with E-state index in [1.54, 1.807) is 12.1 Å². The van der Waals surface area contributed by atoms with E-state index < -0.39 is 0 Å². The van der Waals surface area contributed by atoms with Crippen molar-refractivity contribution in [2.75, 3.05) is 44.8 Å². The third-order valence-corrected chi connectivity index (χ3v) is 5.07. The number of nitrogens with one attached hydrogen (secondary N) is 1. The number of dihydropyridines is 1. The number of carbonyl (C=O) groups is 2. The number of hydrogen-bond donors (Lipinski definition) is 1. The molecule has 0 unspecified atom stereocenters. The van der Waals surface area contributed by atoms with Gasteiger partial charge in [-0.25, -0.2) is 4.79 Å². The Bertz CT molecular complexity index is 824. The summed E-state index contributed by atoms with van der Waals surface area (Å²) >= 11 is 0. The van der Waals surface area contributed by atoms with Gasteiger partial charge in [-0.1, -0.05) is 6.07 Å². The van der Waals surface area contributed by atoms with Crippen molar-refractivity contribution in [1.82, 2.24) is 10.2 Å². The molecule has 7 nitrogen and oxygen atoms in total. The molecule has 0 atom stereocenters. The molecule has 1 aromatic rings. The van der Waals surface area contributed by atoms with Gasteiger partial charge in [0.05, 0.1) is 19.2 Å². The van der Waals surface area contributed by atoms with Gasteiger partial charge in [0.25, 0.3) is 5.91 Å². The molecule has 7 heteroatoms. The normalized spacial score (nSPS) is 19.1. The Labute approximate surface area is 158 Å². The molecule has 0 bridgehead atoms. The maximum absolute atomic E-state index is 12.7. The van der Waals surface area contributed by atoms with E-state index in [1.807, 2.05) is 23.1 Å².